The van der Waals surface area contributed by atoms with Gasteiger partial charge in [-0.15, -0.1) is 11.3 Å². The van der Waals surface area contributed by atoms with Gasteiger partial charge in [-0.3, -0.25) is 4.98 Å². The number of aromatic nitrogens is 2. The molecule has 0 amide bonds. The van der Waals surface area contributed by atoms with Gasteiger partial charge in [-0.05, 0) is 25.1 Å². The normalized spacial score (nSPS) is 12.6. The van der Waals surface area contributed by atoms with Crippen LogP contribution in [-0.4, -0.2) is 16.5 Å². The zero-order valence-electron chi connectivity index (χ0n) is 9.26. The summed E-state index contributed by atoms with van der Waals surface area (Å²) < 4.78 is 0. The second kappa shape index (κ2) is 5.18. The Labute approximate surface area is 99.4 Å². The van der Waals surface area contributed by atoms with Crippen LogP contribution in [0.25, 0.3) is 10.6 Å². The van der Waals surface area contributed by atoms with Crippen LogP contribution in [0.5, 0.6) is 0 Å². The van der Waals surface area contributed by atoms with Crippen molar-refractivity contribution in [1.82, 2.24) is 9.97 Å². The van der Waals surface area contributed by atoms with Crippen LogP contribution in [-0.2, 0) is 0 Å². The van der Waals surface area contributed by atoms with Crippen LogP contribution < -0.4 is 5.73 Å². The Balaban J connectivity index is 2.20. The van der Waals surface area contributed by atoms with Crippen LogP contribution in [0.3, 0.4) is 0 Å². The maximum absolute atomic E-state index is 5.55. The summed E-state index contributed by atoms with van der Waals surface area (Å²) in [7, 11) is 0. The van der Waals surface area contributed by atoms with E-state index in [1.165, 1.54) is 0 Å². The molecular formula is C12H15N3S. The monoisotopic (exact) mass is 233 g/mol. The summed E-state index contributed by atoms with van der Waals surface area (Å²) >= 11 is 1.68. The highest BCUT2D eigenvalue weighted by atomic mass is 32.1. The van der Waals surface area contributed by atoms with E-state index in [2.05, 4.69) is 22.3 Å². The standard InChI is InChI=1S/C12H15N3S/c1-9(2-5-13)11-8-16-12(15-11)10-3-6-14-7-4-10/h3-4,6-9H,2,5,13H2,1H3. The second-order valence-corrected chi connectivity index (χ2v) is 4.65. The molecule has 16 heavy (non-hydrogen) atoms. The van der Waals surface area contributed by atoms with Gasteiger partial charge in [-0.2, -0.15) is 0 Å². The van der Waals surface area contributed by atoms with E-state index >= 15 is 0 Å². The van der Waals surface area contributed by atoms with Gasteiger partial charge in [-0.1, -0.05) is 6.92 Å². The van der Waals surface area contributed by atoms with Gasteiger partial charge >= 0.3 is 0 Å². The molecule has 1 unspecified atom stereocenters. The number of thiazole rings is 1. The van der Waals surface area contributed by atoms with E-state index in [0.717, 1.165) is 22.7 Å². The van der Waals surface area contributed by atoms with E-state index in [4.69, 9.17) is 5.73 Å². The van der Waals surface area contributed by atoms with Crippen molar-refractivity contribution in [2.24, 2.45) is 5.73 Å². The highest BCUT2D eigenvalue weighted by molar-refractivity contribution is 7.13. The molecular weight excluding hydrogens is 218 g/mol. The Morgan fingerprint density at radius 1 is 1.38 bits per heavy atom. The van der Waals surface area contributed by atoms with Crippen molar-refractivity contribution in [3.05, 3.63) is 35.6 Å². The van der Waals surface area contributed by atoms with Crippen LogP contribution in [0.4, 0.5) is 0 Å². The molecule has 3 nitrogen and oxygen atoms in total. The van der Waals surface area contributed by atoms with Crippen molar-refractivity contribution < 1.29 is 0 Å². The number of hydrogen-bond acceptors (Lipinski definition) is 4. The summed E-state index contributed by atoms with van der Waals surface area (Å²) in [5, 5.41) is 3.18. The lowest BCUT2D eigenvalue weighted by Gasteiger charge is -2.05. The Morgan fingerprint density at radius 2 is 2.12 bits per heavy atom. The van der Waals surface area contributed by atoms with Gasteiger partial charge in [0.05, 0.1) is 5.69 Å². The van der Waals surface area contributed by atoms with Crippen molar-refractivity contribution in [3.63, 3.8) is 0 Å². The molecule has 2 aromatic rings. The van der Waals surface area contributed by atoms with E-state index in [1.807, 2.05) is 12.1 Å². The molecule has 0 radical (unpaired) electrons. The molecule has 2 aromatic heterocycles. The third-order valence-electron chi connectivity index (χ3n) is 2.55. The predicted molar refractivity (Wildman–Crippen MR) is 67.4 cm³/mol. The Morgan fingerprint density at radius 3 is 2.81 bits per heavy atom. The van der Waals surface area contributed by atoms with Crippen molar-refractivity contribution in [3.8, 4) is 10.6 Å². The average Bonchev–Trinajstić information content (AvgIpc) is 2.80. The number of nitrogens with two attached hydrogens (primary N) is 1. The summed E-state index contributed by atoms with van der Waals surface area (Å²) in [6.07, 6.45) is 4.57. The van der Waals surface area contributed by atoms with Crippen LogP contribution >= 0.6 is 11.3 Å². The van der Waals surface area contributed by atoms with Crippen molar-refractivity contribution in [1.29, 1.82) is 0 Å². The molecule has 4 heteroatoms. The predicted octanol–water partition coefficient (Wildman–Crippen LogP) is 2.66. The SMILES string of the molecule is CC(CCN)c1csc(-c2ccncc2)n1. The summed E-state index contributed by atoms with van der Waals surface area (Å²) in [6, 6.07) is 3.96. The maximum atomic E-state index is 5.55. The first-order valence-corrected chi connectivity index (χ1v) is 6.25. The number of nitrogens with zero attached hydrogens (tertiary/aromatic N) is 2. The molecule has 0 fully saturated rings. The largest absolute Gasteiger partial charge is 0.330 e. The van der Waals surface area contributed by atoms with E-state index in [1.54, 1.807) is 23.7 Å². The molecule has 1 atom stereocenters. The zero-order valence-corrected chi connectivity index (χ0v) is 10.1. The highest BCUT2D eigenvalue weighted by Crippen LogP contribution is 2.27. The molecule has 0 bridgehead atoms. The first-order chi connectivity index (χ1) is 7.81. The average molecular weight is 233 g/mol. The summed E-state index contributed by atoms with van der Waals surface area (Å²) in [5.74, 6) is 0.442. The second-order valence-electron chi connectivity index (χ2n) is 3.79. The number of rotatable bonds is 4. The number of pyridine rings is 1. The fraction of sp³-hybridized carbons (Fsp3) is 0.333. The summed E-state index contributed by atoms with van der Waals surface area (Å²) in [5.41, 5.74) is 7.82. The van der Waals surface area contributed by atoms with Crippen molar-refractivity contribution >= 4 is 11.3 Å². The smallest absolute Gasteiger partial charge is 0.123 e. The molecule has 84 valence electrons. The Bertz CT molecular complexity index is 439. The van der Waals surface area contributed by atoms with Crippen LogP contribution in [0.15, 0.2) is 29.9 Å². The van der Waals surface area contributed by atoms with Crippen LogP contribution in [0.2, 0.25) is 0 Å². The quantitative estimate of drug-likeness (QED) is 0.883. The van der Waals surface area contributed by atoms with E-state index in [9.17, 15) is 0 Å². The summed E-state index contributed by atoms with van der Waals surface area (Å²) in [6.45, 7) is 2.88. The van der Waals surface area contributed by atoms with Gasteiger partial charge in [0.25, 0.3) is 0 Å². The molecule has 2 N–H and O–H groups in total. The molecule has 0 aliphatic carbocycles. The van der Waals surface area contributed by atoms with E-state index in [-0.39, 0.29) is 0 Å². The molecule has 0 aliphatic rings. The first kappa shape index (κ1) is 11.2. The third kappa shape index (κ3) is 2.46. The lowest BCUT2D eigenvalue weighted by atomic mass is 10.1. The number of hydrogen-bond donors (Lipinski definition) is 1. The van der Waals surface area contributed by atoms with Crippen LogP contribution in [0, 0.1) is 0 Å². The van der Waals surface area contributed by atoms with Gasteiger partial charge in [0.15, 0.2) is 0 Å². The van der Waals surface area contributed by atoms with E-state index in [0.29, 0.717) is 12.5 Å². The zero-order chi connectivity index (χ0) is 11.4. The lowest BCUT2D eigenvalue weighted by molar-refractivity contribution is 0.675. The highest BCUT2D eigenvalue weighted by Gasteiger charge is 2.10. The van der Waals surface area contributed by atoms with Gasteiger partial charge in [0, 0.05) is 29.3 Å². The minimum atomic E-state index is 0.442. The molecule has 0 aliphatic heterocycles. The fourth-order valence-electron chi connectivity index (χ4n) is 1.54. The van der Waals surface area contributed by atoms with Crippen LogP contribution in [0.1, 0.15) is 25.0 Å². The minimum absolute atomic E-state index is 0.442. The third-order valence-corrected chi connectivity index (χ3v) is 3.46. The maximum Gasteiger partial charge on any atom is 0.123 e. The summed E-state index contributed by atoms with van der Waals surface area (Å²) in [4.78, 5) is 8.64. The fourth-order valence-corrected chi connectivity index (χ4v) is 2.49. The van der Waals surface area contributed by atoms with Gasteiger partial charge in [0.2, 0.25) is 0 Å². The molecule has 0 saturated carbocycles. The molecule has 0 saturated heterocycles. The Kier molecular flexibility index (Phi) is 3.64. The van der Waals surface area contributed by atoms with Crippen molar-refractivity contribution in [2.75, 3.05) is 6.54 Å². The molecule has 2 heterocycles. The first-order valence-electron chi connectivity index (χ1n) is 5.37. The molecule has 2 rings (SSSR count). The van der Waals surface area contributed by atoms with Gasteiger partial charge in [-0.25, -0.2) is 4.98 Å². The minimum Gasteiger partial charge on any atom is -0.330 e. The Hall–Kier alpha value is -1.26. The molecule has 0 aromatic carbocycles. The van der Waals surface area contributed by atoms with Gasteiger partial charge in [0.1, 0.15) is 5.01 Å². The van der Waals surface area contributed by atoms with E-state index < -0.39 is 0 Å². The van der Waals surface area contributed by atoms with Crippen molar-refractivity contribution in [2.45, 2.75) is 19.3 Å². The molecule has 0 spiro atoms. The topological polar surface area (TPSA) is 51.8 Å². The van der Waals surface area contributed by atoms with Gasteiger partial charge < -0.3 is 5.73 Å². The lowest BCUT2D eigenvalue weighted by Crippen LogP contribution is -2.04.